The molecule has 0 spiro atoms. The summed E-state index contributed by atoms with van der Waals surface area (Å²) in [5.74, 6) is 0.861. The van der Waals surface area contributed by atoms with Gasteiger partial charge in [-0.15, -0.1) is 0 Å². The van der Waals surface area contributed by atoms with Gasteiger partial charge in [-0.3, -0.25) is 9.59 Å². The van der Waals surface area contributed by atoms with Gasteiger partial charge in [-0.2, -0.15) is 0 Å². The van der Waals surface area contributed by atoms with Crippen LogP contribution in [-0.2, 0) is 11.3 Å². The van der Waals surface area contributed by atoms with Crippen LogP contribution in [0.25, 0.3) is 0 Å². The van der Waals surface area contributed by atoms with Crippen molar-refractivity contribution in [2.24, 2.45) is 5.92 Å². The fourth-order valence-corrected chi connectivity index (χ4v) is 5.30. The van der Waals surface area contributed by atoms with Crippen LogP contribution >= 0.6 is 35.6 Å². The molecule has 1 amide bonds. The van der Waals surface area contributed by atoms with Gasteiger partial charge in [0, 0.05) is 48.0 Å². The molecule has 3 heterocycles. The number of hydrogen-bond acceptors (Lipinski definition) is 4. The molecule has 1 aromatic carbocycles. The van der Waals surface area contributed by atoms with E-state index >= 15 is 0 Å². The number of likely N-dealkylation sites (tertiary alicyclic amines) is 1. The second kappa shape index (κ2) is 8.50. The Balaban J connectivity index is 1.34. The maximum Gasteiger partial charge on any atom is 0.250 e. The number of halogens is 1. The largest absolute Gasteiger partial charge is 0.356 e. The third-order valence-corrected chi connectivity index (χ3v) is 7.45. The maximum atomic E-state index is 12.3. The van der Waals surface area contributed by atoms with Crippen LogP contribution in [0.5, 0.6) is 0 Å². The van der Waals surface area contributed by atoms with Gasteiger partial charge < -0.3 is 14.8 Å². The number of nitrogens with zero attached hydrogens (tertiary/aromatic N) is 2. The summed E-state index contributed by atoms with van der Waals surface area (Å²) in [5.41, 5.74) is 2.84. The molecule has 4 rings (SSSR count). The van der Waals surface area contributed by atoms with Crippen molar-refractivity contribution in [2.45, 2.75) is 25.8 Å². The van der Waals surface area contributed by atoms with Crippen LogP contribution < -0.4 is 10.9 Å². The van der Waals surface area contributed by atoms with E-state index in [1.807, 2.05) is 35.8 Å². The Kier molecular flexibility index (Phi) is 5.99. The molecular formula is C21H22ClN3O2S2. The van der Waals surface area contributed by atoms with E-state index in [4.69, 9.17) is 23.8 Å². The third kappa shape index (κ3) is 4.52. The number of anilines is 1. The highest BCUT2D eigenvalue weighted by atomic mass is 35.5. The zero-order valence-corrected chi connectivity index (χ0v) is 18.4. The number of nitrogens with one attached hydrogen (secondary N) is 1. The lowest BCUT2D eigenvalue weighted by molar-refractivity contribution is -0.113. The molecule has 1 fully saturated rings. The molecule has 2 aliphatic rings. The predicted molar refractivity (Wildman–Crippen MR) is 123 cm³/mol. The molecule has 0 radical (unpaired) electrons. The molecule has 1 aromatic heterocycles. The summed E-state index contributed by atoms with van der Waals surface area (Å²) in [6.07, 6.45) is 1.09. The number of thiocarbonyl (C=S) groups is 1. The van der Waals surface area contributed by atoms with E-state index < -0.39 is 0 Å². The quantitative estimate of drug-likeness (QED) is 0.723. The van der Waals surface area contributed by atoms with Crippen molar-refractivity contribution in [1.82, 2.24) is 9.47 Å². The zero-order valence-electron chi connectivity index (χ0n) is 16.1. The minimum Gasteiger partial charge on any atom is -0.356 e. The van der Waals surface area contributed by atoms with Crippen LogP contribution in [-0.4, -0.2) is 38.5 Å². The predicted octanol–water partition coefficient (Wildman–Crippen LogP) is 3.89. The first-order chi connectivity index (χ1) is 13.9. The zero-order chi connectivity index (χ0) is 20.5. The summed E-state index contributed by atoms with van der Waals surface area (Å²) in [7, 11) is 0. The first-order valence-corrected chi connectivity index (χ1v) is 11.4. The van der Waals surface area contributed by atoms with Crippen LogP contribution in [0.4, 0.5) is 5.69 Å². The van der Waals surface area contributed by atoms with E-state index in [0.29, 0.717) is 22.5 Å². The van der Waals surface area contributed by atoms with Crippen LogP contribution in [0.2, 0.25) is 5.02 Å². The number of aryl methyl sites for hydroxylation is 1. The average molecular weight is 448 g/mol. The van der Waals surface area contributed by atoms with Gasteiger partial charge in [-0.05, 0) is 43.0 Å². The smallest absolute Gasteiger partial charge is 0.250 e. The molecule has 2 aromatic rings. The van der Waals surface area contributed by atoms with Gasteiger partial charge in [0.1, 0.15) is 4.32 Å². The Hall–Kier alpha value is -1.83. The molecule has 8 heteroatoms. The number of pyridine rings is 1. The van der Waals surface area contributed by atoms with Gasteiger partial charge in [-0.25, -0.2) is 0 Å². The van der Waals surface area contributed by atoms with Crippen LogP contribution in [0, 0.1) is 12.8 Å². The minimum atomic E-state index is -0.105. The normalized spacial score (nSPS) is 20.1. The number of carbonyl (C=O) groups is 1. The lowest BCUT2D eigenvalue weighted by Crippen LogP contribution is -2.48. The Morgan fingerprint density at radius 1 is 1.28 bits per heavy atom. The van der Waals surface area contributed by atoms with Crippen LogP contribution in [0.15, 0.2) is 41.2 Å². The van der Waals surface area contributed by atoms with Crippen molar-refractivity contribution in [1.29, 1.82) is 0 Å². The lowest BCUT2D eigenvalue weighted by Gasteiger charge is -2.43. The SMILES string of the molecule is Cc1ccc(NC(=O)CSC(=S)N2CC3CC(C2)c2cccc(=O)n2C3)cc1Cl. The van der Waals surface area contributed by atoms with Crippen molar-refractivity contribution in [3.05, 3.63) is 63.0 Å². The van der Waals surface area contributed by atoms with Crippen molar-refractivity contribution < 1.29 is 4.79 Å². The van der Waals surface area contributed by atoms with Gasteiger partial charge in [0.15, 0.2) is 0 Å². The molecule has 2 aliphatic heterocycles. The number of amides is 1. The number of aromatic nitrogens is 1. The first kappa shape index (κ1) is 20.4. The van der Waals surface area contributed by atoms with Crippen molar-refractivity contribution >= 4 is 51.5 Å². The van der Waals surface area contributed by atoms with Gasteiger partial charge in [0.25, 0.3) is 5.56 Å². The van der Waals surface area contributed by atoms with Crippen molar-refractivity contribution in [3.8, 4) is 0 Å². The van der Waals surface area contributed by atoms with E-state index in [1.165, 1.54) is 11.8 Å². The summed E-state index contributed by atoms with van der Waals surface area (Å²) >= 11 is 13.1. The highest BCUT2D eigenvalue weighted by Gasteiger charge is 2.35. The molecule has 5 nitrogen and oxygen atoms in total. The Morgan fingerprint density at radius 3 is 2.90 bits per heavy atom. The van der Waals surface area contributed by atoms with Crippen LogP contribution in [0.3, 0.4) is 0 Å². The third-order valence-electron chi connectivity index (χ3n) is 5.52. The molecule has 2 bridgehead atoms. The molecule has 2 unspecified atom stereocenters. The summed E-state index contributed by atoms with van der Waals surface area (Å²) in [6, 6.07) is 11.0. The molecule has 152 valence electrons. The molecule has 0 saturated carbocycles. The molecule has 29 heavy (non-hydrogen) atoms. The van der Waals surface area contributed by atoms with Gasteiger partial charge in [0.05, 0.1) is 5.75 Å². The molecule has 1 saturated heterocycles. The van der Waals surface area contributed by atoms with E-state index in [1.54, 1.807) is 12.1 Å². The summed E-state index contributed by atoms with van der Waals surface area (Å²) in [4.78, 5) is 26.6. The molecular weight excluding hydrogens is 426 g/mol. The fraction of sp³-hybridized carbons (Fsp3) is 0.381. The van der Waals surface area contributed by atoms with E-state index in [9.17, 15) is 9.59 Å². The van der Waals surface area contributed by atoms with Crippen LogP contribution in [0.1, 0.15) is 23.6 Å². The average Bonchev–Trinajstić information content (AvgIpc) is 2.69. The summed E-state index contributed by atoms with van der Waals surface area (Å²) in [5, 5.41) is 3.50. The standard InChI is InChI=1S/C21H22ClN3O2S2/c1-13-5-6-16(8-17(13)22)23-19(26)12-29-21(28)24-9-14-7-15(11-24)18-3-2-4-20(27)25(18)10-14/h2-6,8,14-15H,7,9-12H2,1H3,(H,23,26). The number of carbonyl (C=O) groups excluding carboxylic acids is 1. The van der Waals surface area contributed by atoms with Gasteiger partial charge in [0.2, 0.25) is 5.91 Å². The van der Waals surface area contributed by atoms with E-state index in [2.05, 4.69) is 10.2 Å². The van der Waals surface area contributed by atoms with Gasteiger partial charge in [-0.1, -0.05) is 47.7 Å². The number of thioether (sulfide) groups is 1. The lowest BCUT2D eigenvalue weighted by atomic mass is 9.83. The van der Waals surface area contributed by atoms with Gasteiger partial charge >= 0.3 is 0 Å². The highest BCUT2D eigenvalue weighted by molar-refractivity contribution is 8.23. The number of hydrogen-bond donors (Lipinski definition) is 1. The Morgan fingerprint density at radius 2 is 2.10 bits per heavy atom. The number of benzene rings is 1. The molecule has 0 aliphatic carbocycles. The Labute approximate surface area is 184 Å². The molecule has 1 N–H and O–H groups in total. The second-order valence-electron chi connectivity index (χ2n) is 7.67. The topological polar surface area (TPSA) is 54.3 Å². The number of piperidine rings is 1. The van der Waals surface area contributed by atoms with E-state index in [0.717, 1.165) is 41.6 Å². The van der Waals surface area contributed by atoms with Crippen molar-refractivity contribution in [3.63, 3.8) is 0 Å². The molecule has 2 atom stereocenters. The number of rotatable bonds is 3. The summed E-state index contributed by atoms with van der Waals surface area (Å²) < 4.78 is 2.65. The minimum absolute atomic E-state index is 0.0791. The Bertz CT molecular complexity index is 1020. The monoisotopic (exact) mass is 447 g/mol. The van der Waals surface area contributed by atoms with E-state index in [-0.39, 0.29) is 17.2 Å². The second-order valence-corrected chi connectivity index (χ2v) is 9.69. The fourth-order valence-electron chi connectivity index (χ4n) is 4.13. The first-order valence-electron chi connectivity index (χ1n) is 9.58. The number of fused-ring (bicyclic) bond motifs is 4. The highest BCUT2D eigenvalue weighted by Crippen LogP contribution is 2.36. The van der Waals surface area contributed by atoms with Crippen molar-refractivity contribution in [2.75, 3.05) is 24.2 Å². The maximum absolute atomic E-state index is 12.3. The summed E-state index contributed by atoms with van der Waals surface area (Å²) in [6.45, 7) is 4.29.